The molecule has 0 fully saturated rings. The van der Waals surface area contributed by atoms with E-state index < -0.39 is 14.6 Å². The summed E-state index contributed by atoms with van der Waals surface area (Å²) in [7, 11) is -3.12. The zero-order valence-electron chi connectivity index (χ0n) is 17.9. The summed E-state index contributed by atoms with van der Waals surface area (Å²) in [6, 6.07) is 1.05. The summed E-state index contributed by atoms with van der Waals surface area (Å²) in [4.78, 5) is 7.01. The second-order valence-corrected chi connectivity index (χ2v) is 10.8. The van der Waals surface area contributed by atoms with Crippen molar-refractivity contribution in [3.05, 3.63) is 0 Å². The Morgan fingerprint density at radius 2 is 1.62 bits per heavy atom. The maximum Gasteiger partial charge on any atom is 0.191 e. The maximum atomic E-state index is 12.1. The molecule has 26 heavy (non-hydrogen) atoms. The van der Waals surface area contributed by atoms with E-state index >= 15 is 0 Å². The van der Waals surface area contributed by atoms with Crippen LogP contribution in [0.3, 0.4) is 0 Å². The van der Waals surface area contributed by atoms with Crippen molar-refractivity contribution in [1.29, 1.82) is 0 Å². The van der Waals surface area contributed by atoms with E-state index in [1.165, 1.54) is 0 Å². The number of aliphatic imine (C=N–C) groups is 1. The second-order valence-electron chi connectivity index (χ2n) is 7.90. The van der Waals surface area contributed by atoms with Crippen LogP contribution in [0.25, 0.3) is 0 Å². The lowest BCUT2D eigenvalue weighted by molar-refractivity contribution is 0.174. The highest BCUT2D eigenvalue weighted by Gasteiger charge is 2.28. The lowest BCUT2D eigenvalue weighted by atomic mass is 10.2. The molecule has 0 aromatic rings. The lowest BCUT2D eigenvalue weighted by Crippen LogP contribution is -2.42. The van der Waals surface area contributed by atoms with E-state index in [-0.39, 0.29) is 29.7 Å². The largest absolute Gasteiger partial charge is 0.357 e. The zero-order valence-corrected chi connectivity index (χ0v) is 21.1. The van der Waals surface area contributed by atoms with Gasteiger partial charge < -0.3 is 10.6 Å². The Morgan fingerprint density at radius 3 is 2.04 bits per heavy atom. The smallest absolute Gasteiger partial charge is 0.191 e. The number of nitrogens with zero attached hydrogens (tertiary/aromatic N) is 2. The van der Waals surface area contributed by atoms with Crippen molar-refractivity contribution in [2.45, 2.75) is 78.6 Å². The van der Waals surface area contributed by atoms with Gasteiger partial charge in [0.25, 0.3) is 0 Å². The van der Waals surface area contributed by atoms with Gasteiger partial charge in [0.15, 0.2) is 15.8 Å². The minimum Gasteiger partial charge on any atom is -0.357 e. The summed E-state index contributed by atoms with van der Waals surface area (Å²) in [6.07, 6.45) is 0.979. The van der Waals surface area contributed by atoms with Crippen LogP contribution in [-0.2, 0) is 9.84 Å². The van der Waals surface area contributed by atoms with E-state index in [0.29, 0.717) is 24.6 Å². The van der Waals surface area contributed by atoms with E-state index in [0.717, 1.165) is 26.1 Å². The Hall–Kier alpha value is -0.0900. The van der Waals surface area contributed by atoms with Crippen molar-refractivity contribution in [2.75, 3.05) is 31.9 Å². The van der Waals surface area contributed by atoms with Crippen LogP contribution >= 0.6 is 24.0 Å². The first-order chi connectivity index (χ1) is 11.4. The summed E-state index contributed by atoms with van der Waals surface area (Å²) >= 11 is 0. The normalized spacial score (nSPS) is 13.3. The average molecular weight is 505 g/mol. The number of hydrogen-bond donors (Lipinski definition) is 2. The third kappa shape index (κ3) is 10.9. The molecule has 0 heterocycles. The van der Waals surface area contributed by atoms with Gasteiger partial charge in [-0.2, -0.15) is 0 Å². The molecule has 0 aromatic carbocycles. The van der Waals surface area contributed by atoms with E-state index in [1.54, 1.807) is 20.8 Å². The highest BCUT2D eigenvalue weighted by Crippen LogP contribution is 2.15. The minimum atomic E-state index is -3.12. The van der Waals surface area contributed by atoms with Crippen molar-refractivity contribution in [1.82, 2.24) is 15.5 Å². The average Bonchev–Trinajstić information content (AvgIpc) is 2.44. The van der Waals surface area contributed by atoms with Crippen LogP contribution in [0.4, 0.5) is 0 Å². The first kappa shape index (κ1) is 28.1. The van der Waals surface area contributed by atoms with Gasteiger partial charge in [0.1, 0.15) is 0 Å². The van der Waals surface area contributed by atoms with Crippen molar-refractivity contribution >= 4 is 39.8 Å². The lowest BCUT2D eigenvalue weighted by Gasteiger charge is -2.30. The Kier molecular flexibility index (Phi) is 14.2. The Morgan fingerprint density at radius 1 is 1.08 bits per heavy atom. The van der Waals surface area contributed by atoms with E-state index in [9.17, 15) is 8.42 Å². The molecule has 8 heteroatoms. The van der Waals surface area contributed by atoms with Crippen LogP contribution in [0.2, 0.25) is 0 Å². The Bertz CT molecular complexity index is 492. The molecule has 0 aliphatic heterocycles. The molecule has 0 rings (SSSR count). The van der Waals surface area contributed by atoms with Crippen molar-refractivity contribution < 1.29 is 8.42 Å². The van der Waals surface area contributed by atoms with Crippen LogP contribution in [0.15, 0.2) is 4.99 Å². The third-order valence-corrected chi connectivity index (χ3v) is 6.72. The molecular weight excluding hydrogens is 463 g/mol. The minimum absolute atomic E-state index is 0. The SMILES string of the molecule is CCNC(=NCCCN(C(C)C)C(C)C)NCCS(=O)(=O)C(C)(C)C.I. The molecule has 0 saturated heterocycles. The van der Waals surface area contributed by atoms with Gasteiger partial charge in [-0.15, -0.1) is 24.0 Å². The second kappa shape index (κ2) is 13.1. The number of sulfone groups is 1. The quantitative estimate of drug-likeness (QED) is 0.207. The van der Waals surface area contributed by atoms with Gasteiger partial charge in [0, 0.05) is 38.3 Å². The fourth-order valence-corrected chi connectivity index (χ4v) is 3.49. The molecule has 0 spiro atoms. The molecule has 2 N–H and O–H groups in total. The molecule has 0 atom stereocenters. The molecule has 0 bridgehead atoms. The molecule has 158 valence electrons. The highest BCUT2D eigenvalue weighted by atomic mass is 127. The molecular formula is C18H41IN4O2S. The van der Waals surface area contributed by atoms with Crippen molar-refractivity contribution in [3.63, 3.8) is 0 Å². The van der Waals surface area contributed by atoms with Gasteiger partial charge in [-0.3, -0.25) is 9.89 Å². The fourth-order valence-electron chi connectivity index (χ4n) is 2.51. The molecule has 0 aromatic heterocycles. The van der Waals surface area contributed by atoms with Gasteiger partial charge in [-0.05, 0) is 61.8 Å². The highest BCUT2D eigenvalue weighted by molar-refractivity contribution is 14.0. The molecule has 0 unspecified atom stereocenters. The van der Waals surface area contributed by atoms with Crippen molar-refractivity contribution in [3.8, 4) is 0 Å². The molecule has 0 radical (unpaired) electrons. The molecule has 0 aliphatic rings. The number of halogens is 1. The van der Waals surface area contributed by atoms with Crippen LogP contribution in [-0.4, -0.2) is 68.0 Å². The van der Waals surface area contributed by atoms with Gasteiger partial charge in [-0.25, -0.2) is 8.42 Å². The first-order valence-corrected chi connectivity index (χ1v) is 11.1. The predicted molar refractivity (Wildman–Crippen MR) is 125 cm³/mol. The van der Waals surface area contributed by atoms with E-state index in [2.05, 4.69) is 48.2 Å². The monoisotopic (exact) mass is 504 g/mol. The van der Waals surface area contributed by atoms with Crippen LogP contribution in [0.5, 0.6) is 0 Å². The summed E-state index contributed by atoms with van der Waals surface area (Å²) < 4.78 is 23.6. The van der Waals surface area contributed by atoms with E-state index in [1.807, 2.05) is 6.92 Å². The third-order valence-electron chi connectivity index (χ3n) is 4.11. The fraction of sp³-hybridized carbons (Fsp3) is 0.944. The summed E-state index contributed by atoms with van der Waals surface area (Å²) in [5, 5.41) is 6.30. The zero-order chi connectivity index (χ0) is 19.7. The number of guanidine groups is 1. The summed E-state index contributed by atoms with van der Waals surface area (Å²) in [6.45, 7) is 18.9. The Balaban J connectivity index is 0. The number of nitrogens with one attached hydrogen (secondary N) is 2. The van der Waals surface area contributed by atoms with Crippen LogP contribution in [0.1, 0.15) is 61.8 Å². The van der Waals surface area contributed by atoms with Gasteiger partial charge in [0.05, 0.1) is 10.5 Å². The summed E-state index contributed by atoms with van der Waals surface area (Å²) in [5.41, 5.74) is 0. The summed E-state index contributed by atoms with van der Waals surface area (Å²) in [5.74, 6) is 0.794. The molecule has 0 aliphatic carbocycles. The predicted octanol–water partition coefficient (Wildman–Crippen LogP) is 2.88. The van der Waals surface area contributed by atoms with Crippen LogP contribution in [0, 0.1) is 0 Å². The number of rotatable bonds is 10. The van der Waals surface area contributed by atoms with Crippen LogP contribution < -0.4 is 10.6 Å². The molecule has 0 saturated carbocycles. The maximum absolute atomic E-state index is 12.1. The standard InChI is InChI=1S/C18H40N4O2S.HI/c1-9-19-17(21-12-14-25(23,24)18(6,7)8)20-11-10-13-22(15(2)3)16(4)5;/h15-16H,9-14H2,1-8H3,(H2,19,20,21);1H. The van der Waals surface area contributed by atoms with Gasteiger partial charge in [-0.1, -0.05) is 0 Å². The topological polar surface area (TPSA) is 73.8 Å². The number of hydrogen-bond acceptors (Lipinski definition) is 4. The molecule has 0 amide bonds. The van der Waals surface area contributed by atoms with E-state index in [4.69, 9.17) is 0 Å². The Labute approximate surface area is 178 Å². The van der Waals surface area contributed by atoms with Gasteiger partial charge in [0.2, 0.25) is 0 Å². The van der Waals surface area contributed by atoms with Gasteiger partial charge >= 0.3 is 0 Å². The first-order valence-electron chi connectivity index (χ1n) is 9.42. The van der Waals surface area contributed by atoms with Crippen molar-refractivity contribution in [2.24, 2.45) is 4.99 Å². The molecule has 6 nitrogen and oxygen atoms in total.